The first-order valence-electron chi connectivity index (χ1n) is 19.9. The normalized spacial score (nSPS) is 20.7. The molecule has 3 aliphatic rings. The summed E-state index contributed by atoms with van der Waals surface area (Å²) in [5, 5.41) is 11.7. The summed E-state index contributed by atoms with van der Waals surface area (Å²) in [6, 6.07) is 17.8. The minimum Gasteiger partial charge on any atom is -0.492 e. The van der Waals surface area contributed by atoms with Crippen molar-refractivity contribution < 1.29 is 37.1 Å². The first kappa shape index (κ1) is 43.4. The number of anilines is 2. The lowest BCUT2D eigenvalue weighted by Gasteiger charge is -2.42. The van der Waals surface area contributed by atoms with Gasteiger partial charge in [0, 0.05) is 56.7 Å². The largest absolute Gasteiger partial charge is 0.492 e. The van der Waals surface area contributed by atoms with E-state index < -0.39 is 28.7 Å². The van der Waals surface area contributed by atoms with Crippen LogP contribution >= 0.6 is 12.2 Å². The van der Waals surface area contributed by atoms with Gasteiger partial charge in [0.1, 0.15) is 17.9 Å². The molecule has 1 N–H and O–H groups in total. The second-order valence-electron chi connectivity index (χ2n) is 16.0. The summed E-state index contributed by atoms with van der Waals surface area (Å²) in [7, 11) is 0. The molecule has 3 amide bonds. The van der Waals surface area contributed by atoms with Gasteiger partial charge in [0.15, 0.2) is 10.9 Å². The summed E-state index contributed by atoms with van der Waals surface area (Å²) >= 11 is 5.72. The third-order valence-electron chi connectivity index (χ3n) is 11.6. The van der Waals surface area contributed by atoms with Gasteiger partial charge < -0.3 is 9.64 Å². The van der Waals surface area contributed by atoms with Crippen molar-refractivity contribution in [2.24, 2.45) is 5.92 Å². The van der Waals surface area contributed by atoms with E-state index in [9.17, 15) is 37.6 Å². The number of imide groups is 1. The Balaban J connectivity index is 1.03. The third-order valence-corrected chi connectivity index (χ3v) is 12.0. The summed E-state index contributed by atoms with van der Waals surface area (Å²) < 4.78 is 47.6. The SMILES string of the molecule is CCc1cc(N2C(=S)N(c3ccc(C#N)c(C(F)(F)F)c3)C(=O)C2(C)C)ccc1OCCN1CCN([C@@H](C)C(=O)Cc2cccc(CC3CCC(=O)NC3=O)c2)[C@@H](C)C1. The number of carbonyl (C=O) groups excluding carboxylic acids is 4. The van der Waals surface area contributed by atoms with E-state index in [1.54, 1.807) is 30.9 Å². The van der Waals surface area contributed by atoms with Crippen LogP contribution in [0.15, 0.2) is 60.7 Å². The first-order chi connectivity index (χ1) is 27.9. The van der Waals surface area contributed by atoms with Crippen LogP contribution in [0.25, 0.3) is 0 Å². The van der Waals surface area contributed by atoms with E-state index in [1.165, 1.54) is 6.07 Å². The van der Waals surface area contributed by atoms with Gasteiger partial charge in [-0.1, -0.05) is 31.2 Å². The van der Waals surface area contributed by atoms with Crippen LogP contribution < -0.4 is 19.9 Å². The van der Waals surface area contributed by atoms with Crippen LogP contribution in [0.1, 0.15) is 75.3 Å². The van der Waals surface area contributed by atoms with Gasteiger partial charge in [-0.3, -0.25) is 39.2 Å². The topological polar surface area (TPSA) is 126 Å². The third kappa shape index (κ3) is 9.35. The molecule has 59 heavy (non-hydrogen) atoms. The van der Waals surface area contributed by atoms with Crippen molar-refractivity contribution in [1.29, 1.82) is 5.26 Å². The number of nitrogens with one attached hydrogen (secondary N) is 1. The number of nitriles is 1. The summed E-state index contributed by atoms with van der Waals surface area (Å²) in [6.45, 7) is 12.7. The Hall–Kier alpha value is -5.17. The number of alkyl halides is 3. The molecule has 0 spiro atoms. The molecular weight excluding hydrogens is 782 g/mol. The molecule has 312 valence electrons. The lowest BCUT2D eigenvalue weighted by molar-refractivity contribution is -0.138. The van der Waals surface area contributed by atoms with Gasteiger partial charge in [-0.25, -0.2) is 0 Å². The zero-order valence-corrected chi connectivity index (χ0v) is 34.7. The Bertz CT molecular complexity index is 2190. The molecule has 0 bridgehead atoms. The fourth-order valence-corrected chi connectivity index (χ4v) is 8.83. The Labute approximate surface area is 348 Å². The van der Waals surface area contributed by atoms with E-state index in [-0.39, 0.29) is 46.4 Å². The van der Waals surface area contributed by atoms with Gasteiger partial charge in [0.25, 0.3) is 5.91 Å². The predicted molar refractivity (Wildman–Crippen MR) is 221 cm³/mol. The minimum absolute atomic E-state index is 0.0223. The van der Waals surface area contributed by atoms with Gasteiger partial charge in [0.05, 0.1) is 28.9 Å². The Kier molecular flexibility index (Phi) is 12.9. The van der Waals surface area contributed by atoms with Crippen LogP contribution in [0.4, 0.5) is 24.5 Å². The number of halogens is 3. The van der Waals surface area contributed by atoms with E-state index in [1.807, 2.05) is 50.2 Å². The maximum atomic E-state index is 13.8. The minimum atomic E-state index is -4.79. The van der Waals surface area contributed by atoms with Crippen molar-refractivity contribution in [2.45, 2.75) is 90.5 Å². The predicted octanol–water partition coefficient (Wildman–Crippen LogP) is 6.24. The number of thiocarbonyl (C=S) groups is 1. The number of benzene rings is 3. The molecule has 3 saturated heterocycles. The van der Waals surface area contributed by atoms with Crippen LogP contribution in [0.2, 0.25) is 0 Å². The smallest absolute Gasteiger partial charge is 0.417 e. The van der Waals surface area contributed by atoms with Crippen molar-refractivity contribution in [3.05, 3.63) is 88.5 Å². The lowest BCUT2D eigenvalue weighted by atomic mass is 9.90. The fourth-order valence-electron chi connectivity index (χ4n) is 8.31. The highest BCUT2D eigenvalue weighted by Crippen LogP contribution is 2.40. The molecule has 6 rings (SSSR count). The van der Waals surface area contributed by atoms with Gasteiger partial charge in [-0.15, -0.1) is 0 Å². The molecule has 3 aromatic rings. The van der Waals surface area contributed by atoms with Crippen molar-refractivity contribution in [3.63, 3.8) is 0 Å². The van der Waals surface area contributed by atoms with E-state index >= 15 is 0 Å². The summed E-state index contributed by atoms with van der Waals surface area (Å²) in [6.07, 6.45) is -2.50. The highest BCUT2D eigenvalue weighted by atomic mass is 32.1. The molecule has 1 unspecified atom stereocenters. The molecule has 11 nitrogen and oxygen atoms in total. The van der Waals surface area contributed by atoms with Crippen LogP contribution in [-0.4, -0.2) is 88.8 Å². The van der Waals surface area contributed by atoms with Crippen molar-refractivity contribution in [2.75, 3.05) is 42.6 Å². The molecular formula is C44H49F3N6O5S. The van der Waals surface area contributed by atoms with Crippen molar-refractivity contribution in [1.82, 2.24) is 15.1 Å². The molecule has 3 atom stereocenters. The molecule has 3 fully saturated rings. The number of carbonyl (C=O) groups is 4. The van der Waals surface area contributed by atoms with E-state index in [0.29, 0.717) is 56.7 Å². The Morgan fingerprint density at radius 2 is 1.78 bits per heavy atom. The second kappa shape index (κ2) is 17.6. The molecule has 0 radical (unpaired) electrons. The molecule has 0 aliphatic carbocycles. The number of piperazine rings is 1. The number of hydrogen-bond acceptors (Lipinski definition) is 9. The summed E-state index contributed by atoms with van der Waals surface area (Å²) in [5.74, 6) is -0.421. The molecule has 0 saturated carbocycles. The number of aryl methyl sites for hydroxylation is 1. The van der Waals surface area contributed by atoms with Crippen molar-refractivity contribution in [3.8, 4) is 11.8 Å². The van der Waals surface area contributed by atoms with E-state index in [0.717, 1.165) is 53.4 Å². The quantitative estimate of drug-likeness (QED) is 0.157. The number of ketones is 1. The van der Waals surface area contributed by atoms with Crippen LogP contribution in [0.5, 0.6) is 5.75 Å². The van der Waals surface area contributed by atoms with Crippen LogP contribution in [0, 0.1) is 17.2 Å². The standard InChI is InChI=1S/C44H49F3N6O5S/c1-6-31-23-35(53-42(59)52(41(57)43(53,4)5)34-12-10-33(25-48)36(24-34)44(45,46)47)13-14-38(31)58-19-18-50-16-17-51(27(2)26-50)28(3)37(54)22-30-9-7-8-29(20-30)21-32-11-15-39(55)49-40(32)56/h7-10,12-14,20,23-24,27-28,32H,6,11,15-19,21-22,26H2,1-5H3,(H,49,55,56)/t27-,28-,32?/m0/s1. The number of Topliss-reactive ketones (excluding diaryl/α,β-unsaturated/α-hetero) is 1. The molecule has 0 aromatic heterocycles. The second-order valence-corrected chi connectivity index (χ2v) is 16.4. The maximum Gasteiger partial charge on any atom is 0.417 e. The highest BCUT2D eigenvalue weighted by Gasteiger charge is 2.51. The van der Waals surface area contributed by atoms with Crippen LogP contribution in [0.3, 0.4) is 0 Å². The highest BCUT2D eigenvalue weighted by molar-refractivity contribution is 7.81. The number of hydrogen-bond donors (Lipinski definition) is 1. The average Bonchev–Trinajstić information content (AvgIpc) is 3.37. The lowest BCUT2D eigenvalue weighted by Crippen LogP contribution is -2.57. The first-order valence-corrected chi connectivity index (χ1v) is 20.3. The van der Waals surface area contributed by atoms with Gasteiger partial charge in [-0.05, 0) is 112 Å². The monoisotopic (exact) mass is 830 g/mol. The zero-order chi connectivity index (χ0) is 42.8. The average molecular weight is 831 g/mol. The number of rotatable bonds is 13. The molecule has 3 heterocycles. The molecule has 3 aromatic carbocycles. The number of ether oxygens (including phenoxy) is 1. The van der Waals surface area contributed by atoms with Gasteiger partial charge in [-0.2, -0.15) is 18.4 Å². The summed E-state index contributed by atoms with van der Waals surface area (Å²) in [5.41, 5.74) is 0.374. The van der Waals surface area contributed by atoms with Gasteiger partial charge >= 0.3 is 6.18 Å². The zero-order valence-electron chi connectivity index (χ0n) is 33.9. The molecule has 3 aliphatic heterocycles. The molecule has 15 heteroatoms. The Morgan fingerprint density at radius 3 is 2.46 bits per heavy atom. The van der Waals surface area contributed by atoms with Gasteiger partial charge in [0.2, 0.25) is 11.8 Å². The van der Waals surface area contributed by atoms with Crippen molar-refractivity contribution >= 4 is 52.2 Å². The van der Waals surface area contributed by atoms with E-state index in [2.05, 4.69) is 22.0 Å². The maximum absolute atomic E-state index is 13.8. The number of amides is 3. The Morgan fingerprint density at radius 1 is 1.05 bits per heavy atom. The van der Waals surface area contributed by atoms with Crippen LogP contribution in [-0.2, 0) is 44.6 Å². The summed E-state index contributed by atoms with van der Waals surface area (Å²) in [4.78, 5) is 58.3. The fraction of sp³-hybridized carbons (Fsp3) is 0.455. The number of piperidine rings is 1. The van der Waals surface area contributed by atoms with E-state index in [4.69, 9.17) is 17.0 Å². The number of nitrogens with zero attached hydrogens (tertiary/aromatic N) is 5.